The minimum absolute atomic E-state index is 0.0403. The summed E-state index contributed by atoms with van der Waals surface area (Å²) in [6.07, 6.45) is 4.78. The fourth-order valence-corrected chi connectivity index (χ4v) is 6.71. The summed E-state index contributed by atoms with van der Waals surface area (Å²) in [6.45, 7) is 4.41. The summed E-state index contributed by atoms with van der Waals surface area (Å²) >= 11 is 0. The fourth-order valence-electron chi connectivity index (χ4n) is 6.71. The van der Waals surface area contributed by atoms with Gasteiger partial charge < -0.3 is 20.4 Å². The highest BCUT2D eigenvalue weighted by Gasteiger charge is 2.61. The van der Waals surface area contributed by atoms with Crippen LogP contribution < -0.4 is 0 Å². The van der Waals surface area contributed by atoms with E-state index in [4.69, 9.17) is 0 Å². The average Bonchev–Trinajstić information content (AvgIpc) is 2.75. The van der Waals surface area contributed by atoms with Crippen molar-refractivity contribution in [2.45, 2.75) is 76.8 Å². The number of aliphatic hydroxyl groups is 4. The molecule has 23 heavy (non-hydrogen) atoms. The lowest BCUT2D eigenvalue weighted by Gasteiger charge is -2.58. The number of hydrogen-bond donors (Lipinski definition) is 4. The highest BCUT2D eigenvalue weighted by Crippen LogP contribution is 2.64. The van der Waals surface area contributed by atoms with Crippen LogP contribution in [0.5, 0.6) is 0 Å². The summed E-state index contributed by atoms with van der Waals surface area (Å²) in [6, 6.07) is 0. The number of aliphatic hydroxyl groups excluding tert-OH is 4. The lowest BCUT2D eigenvalue weighted by atomic mass is 9.47. The number of fused-ring (bicyclic) bond motifs is 5. The summed E-state index contributed by atoms with van der Waals surface area (Å²) in [5.41, 5.74) is 0.830. The maximum absolute atomic E-state index is 10.5. The molecule has 4 aliphatic carbocycles. The van der Waals surface area contributed by atoms with Gasteiger partial charge in [-0.1, -0.05) is 19.9 Å². The molecule has 4 heteroatoms. The number of hydrogen-bond acceptors (Lipinski definition) is 4. The molecule has 0 saturated heterocycles. The second kappa shape index (κ2) is 5.04. The largest absolute Gasteiger partial charge is 0.390 e. The van der Waals surface area contributed by atoms with Gasteiger partial charge in [-0.3, -0.25) is 0 Å². The Balaban J connectivity index is 1.70. The number of allylic oxidation sites excluding steroid dienone is 1. The topological polar surface area (TPSA) is 80.9 Å². The van der Waals surface area contributed by atoms with Crippen molar-refractivity contribution in [3.05, 3.63) is 11.6 Å². The zero-order chi connectivity index (χ0) is 16.6. The third-order valence-corrected chi connectivity index (χ3v) is 8.14. The van der Waals surface area contributed by atoms with Gasteiger partial charge in [0.05, 0.1) is 18.3 Å². The van der Waals surface area contributed by atoms with Crippen LogP contribution in [-0.4, -0.2) is 44.8 Å². The van der Waals surface area contributed by atoms with Crippen LogP contribution in [-0.2, 0) is 0 Å². The quantitative estimate of drug-likeness (QED) is 0.511. The lowest BCUT2D eigenvalue weighted by Crippen LogP contribution is -2.54. The maximum Gasteiger partial charge on any atom is 0.101 e. The van der Waals surface area contributed by atoms with E-state index in [9.17, 15) is 20.4 Å². The molecule has 0 aromatic carbocycles. The summed E-state index contributed by atoms with van der Waals surface area (Å²) < 4.78 is 0. The molecule has 0 spiro atoms. The monoisotopic (exact) mass is 322 g/mol. The summed E-state index contributed by atoms with van der Waals surface area (Å²) in [4.78, 5) is 0. The third kappa shape index (κ3) is 1.98. The average molecular weight is 322 g/mol. The fraction of sp³-hybridized carbons (Fsp3) is 0.895. The van der Waals surface area contributed by atoms with Crippen molar-refractivity contribution in [1.82, 2.24) is 0 Å². The Labute approximate surface area is 138 Å². The van der Waals surface area contributed by atoms with Gasteiger partial charge in [-0.15, -0.1) is 0 Å². The smallest absolute Gasteiger partial charge is 0.101 e. The van der Waals surface area contributed by atoms with Gasteiger partial charge in [0.1, 0.15) is 6.10 Å². The Bertz CT molecular complexity index is 531. The van der Waals surface area contributed by atoms with Gasteiger partial charge in [-0.25, -0.2) is 0 Å². The standard InChI is InChI=1S/C19H30O4/c1-18-8-6-14(20)16(22)12(18)4-3-10-11(18)5-7-19(2)13(10)9-15(21)17(19)23/h4,10-11,13-17,20-23H,3,5-9H2,1-2H3/t10-,11+,13+,14+,15-,16+,17+,18-,19+/m1/s1. The van der Waals surface area contributed by atoms with Gasteiger partial charge in [0.25, 0.3) is 0 Å². The van der Waals surface area contributed by atoms with Crippen LogP contribution in [0.1, 0.15) is 52.4 Å². The molecule has 0 aliphatic heterocycles. The van der Waals surface area contributed by atoms with E-state index in [0.717, 1.165) is 31.3 Å². The molecular formula is C19H30O4. The Morgan fingerprint density at radius 1 is 0.957 bits per heavy atom. The van der Waals surface area contributed by atoms with E-state index >= 15 is 0 Å². The molecule has 4 nitrogen and oxygen atoms in total. The molecule has 0 amide bonds. The van der Waals surface area contributed by atoms with Crippen LogP contribution in [0.2, 0.25) is 0 Å². The van der Waals surface area contributed by atoms with Crippen molar-refractivity contribution in [1.29, 1.82) is 0 Å². The van der Waals surface area contributed by atoms with Crippen LogP contribution in [0.3, 0.4) is 0 Å². The highest BCUT2D eigenvalue weighted by atomic mass is 16.3. The van der Waals surface area contributed by atoms with Crippen molar-refractivity contribution in [2.24, 2.45) is 28.6 Å². The molecule has 4 N–H and O–H groups in total. The van der Waals surface area contributed by atoms with E-state index in [1.54, 1.807) is 0 Å². The first-order valence-electron chi connectivity index (χ1n) is 9.22. The van der Waals surface area contributed by atoms with Crippen molar-refractivity contribution in [3.8, 4) is 0 Å². The van der Waals surface area contributed by atoms with Crippen molar-refractivity contribution >= 4 is 0 Å². The normalized spacial score (nSPS) is 58.9. The highest BCUT2D eigenvalue weighted by molar-refractivity contribution is 5.29. The molecule has 0 bridgehead atoms. The molecule has 0 radical (unpaired) electrons. The Morgan fingerprint density at radius 3 is 2.43 bits per heavy atom. The molecule has 4 rings (SSSR count). The molecule has 130 valence electrons. The van der Waals surface area contributed by atoms with Crippen molar-refractivity contribution in [3.63, 3.8) is 0 Å². The first kappa shape index (κ1) is 16.1. The van der Waals surface area contributed by atoms with Crippen LogP contribution in [0.25, 0.3) is 0 Å². The van der Waals surface area contributed by atoms with Gasteiger partial charge in [-0.2, -0.15) is 0 Å². The lowest BCUT2D eigenvalue weighted by molar-refractivity contribution is -0.0941. The Hall–Kier alpha value is -0.420. The van der Waals surface area contributed by atoms with Gasteiger partial charge in [0, 0.05) is 0 Å². The van der Waals surface area contributed by atoms with Gasteiger partial charge in [0.15, 0.2) is 0 Å². The first-order valence-corrected chi connectivity index (χ1v) is 9.22. The van der Waals surface area contributed by atoms with Gasteiger partial charge in [0.2, 0.25) is 0 Å². The van der Waals surface area contributed by atoms with E-state index < -0.39 is 24.4 Å². The van der Waals surface area contributed by atoms with Crippen molar-refractivity contribution < 1.29 is 20.4 Å². The van der Waals surface area contributed by atoms with Crippen LogP contribution in [0.15, 0.2) is 11.6 Å². The Kier molecular flexibility index (Phi) is 3.52. The maximum atomic E-state index is 10.5. The summed E-state index contributed by atoms with van der Waals surface area (Å²) in [5.74, 6) is 1.31. The van der Waals surface area contributed by atoms with E-state index in [-0.39, 0.29) is 10.8 Å². The van der Waals surface area contributed by atoms with Crippen LogP contribution >= 0.6 is 0 Å². The zero-order valence-corrected chi connectivity index (χ0v) is 14.2. The molecule has 0 heterocycles. The SMILES string of the molecule is C[C@]12CC[C@H]3[C@@H](CC=C4[C@H](O)[C@@H](O)CC[C@@]43C)[C@@H]1C[C@@H](O)[C@@H]2O. The van der Waals surface area contributed by atoms with E-state index in [0.29, 0.717) is 30.6 Å². The van der Waals surface area contributed by atoms with E-state index in [1.165, 1.54) is 0 Å². The predicted octanol–water partition coefficient (Wildman–Crippen LogP) is 1.61. The molecule has 3 fully saturated rings. The van der Waals surface area contributed by atoms with Gasteiger partial charge >= 0.3 is 0 Å². The minimum Gasteiger partial charge on any atom is -0.390 e. The molecular weight excluding hydrogens is 292 g/mol. The molecule has 0 unspecified atom stereocenters. The van der Waals surface area contributed by atoms with E-state index in [1.807, 2.05) is 0 Å². The number of rotatable bonds is 0. The van der Waals surface area contributed by atoms with Crippen molar-refractivity contribution in [2.75, 3.05) is 0 Å². The summed E-state index contributed by atoms with van der Waals surface area (Å²) in [7, 11) is 0. The Morgan fingerprint density at radius 2 is 1.70 bits per heavy atom. The minimum atomic E-state index is -0.720. The molecule has 0 aromatic heterocycles. The molecule has 0 aromatic rings. The van der Waals surface area contributed by atoms with E-state index in [2.05, 4.69) is 19.9 Å². The molecule has 3 saturated carbocycles. The van der Waals surface area contributed by atoms with Gasteiger partial charge in [-0.05, 0) is 72.7 Å². The summed E-state index contributed by atoms with van der Waals surface area (Å²) in [5, 5.41) is 41.2. The molecule has 9 atom stereocenters. The zero-order valence-electron chi connectivity index (χ0n) is 14.2. The predicted molar refractivity (Wildman–Crippen MR) is 86.5 cm³/mol. The third-order valence-electron chi connectivity index (χ3n) is 8.14. The second-order valence-electron chi connectivity index (χ2n) is 9.03. The first-order chi connectivity index (χ1) is 10.8. The van der Waals surface area contributed by atoms with Crippen LogP contribution in [0.4, 0.5) is 0 Å². The second-order valence-corrected chi connectivity index (χ2v) is 9.03. The van der Waals surface area contributed by atoms with Crippen LogP contribution in [0, 0.1) is 28.6 Å². The molecule has 4 aliphatic rings.